The lowest BCUT2D eigenvalue weighted by Gasteiger charge is -2.22. The highest BCUT2D eigenvalue weighted by Crippen LogP contribution is 2.40. The summed E-state index contributed by atoms with van der Waals surface area (Å²) in [6.07, 6.45) is 5.30. The third-order valence-corrected chi connectivity index (χ3v) is 3.46. The Morgan fingerprint density at radius 2 is 2.33 bits per heavy atom. The minimum absolute atomic E-state index is 0.220. The zero-order chi connectivity index (χ0) is 8.60. The molecule has 1 aliphatic carbocycles. The van der Waals surface area contributed by atoms with Crippen LogP contribution in [0.5, 0.6) is 0 Å². The summed E-state index contributed by atoms with van der Waals surface area (Å²) in [7, 11) is 0. The Morgan fingerprint density at radius 3 is 2.83 bits per heavy atom. The monoisotopic (exact) mass is 187 g/mol. The van der Waals surface area contributed by atoms with Crippen LogP contribution in [0, 0.1) is 5.92 Å². The van der Waals surface area contributed by atoms with Gasteiger partial charge in [0.1, 0.15) is 6.29 Å². The van der Waals surface area contributed by atoms with Crippen molar-refractivity contribution in [2.24, 2.45) is 5.92 Å². The molecule has 1 saturated carbocycles. The maximum atomic E-state index is 10.6. The van der Waals surface area contributed by atoms with Gasteiger partial charge in [-0.3, -0.25) is 0 Å². The van der Waals surface area contributed by atoms with E-state index in [1.54, 1.807) is 0 Å². The second-order valence-electron chi connectivity index (χ2n) is 4.10. The van der Waals surface area contributed by atoms with E-state index in [1.807, 2.05) is 0 Å². The van der Waals surface area contributed by atoms with E-state index in [9.17, 15) is 4.79 Å². The molecular formula is C9H14ClNO. The summed E-state index contributed by atoms with van der Waals surface area (Å²) < 4.78 is 0. The third-order valence-electron chi connectivity index (χ3n) is 3.15. The van der Waals surface area contributed by atoms with Crippen LogP contribution in [-0.4, -0.2) is 23.7 Å². The summed E-state index contributed by atoms with van der Waals surface area (Å²) in [5, 5.41) is 3.73. The van der Waals surface area contributed by atoms with Crippen LogP contribution >= 0.6 is 11.6 Å². The first kappa shape index (κ1) is 8.52. The van der Waals surface area contributed by atoms with Gasteiger partial charge in [-0.15, -0.1) is 11.6 Å². The van der Waals surface area contributed by atoms with Crippen molar-refractivity contribution in [3.8, 4) is 0 Å². The zero-order valence-electron chi connectivity index (χ0n) is 7.05. The number of hydrogen-bond acceptors (Lipinski definition) is 2. The van der Waals surface area contributed by atoms with Gasteiger partial charge >= 0.3 is 0 Å². The molecule has 1 N–H and O–H groups in total. The molecule has 0 radical (unpaired) electrons. The van der Waals surface area contributed by atoms with Gasteiger partial charge < -0.3 is 10.1 Å². The molecule has 2 aliphatic rings. The van der Waals surface area contributed by atoms with Gasteiger partial charge in [-0.1, -0.05) is 0 Å². The molecule has 3 unspecified atom stereocenters. The number of halogens is 1. The lowest BCUT2D eigenvalue weighted by Crippen LogP contribution is -2.36. The van der Waals surface area contributed by atoms with Crippen LogP contribution in [0.15, 0.2) is 0 Å². The molecule has 2 rings (SSSR count). The molecule has 2 fully saturated rings. The fraction of sp³-hybridized carbons (Fsp3) is 0.889. The third kappa shape index (κ3) is 1.38. The number of carbonyl (C=O) groups excluding carboxylic acids is 1. The van der Waals surface area contributed by atoms with E-state index in [2.05, 4.69) is 5.32 Å². The normalized spacial score (nSPS) is 47.1. The predicted octanol–water partition coefficient (Wildman–Crippen LogP) is 1.32. The van der Waals surface area contributed by atoms with Crippen LogP contribution in [0.2, 0.25) is 0 Å². The van der Waals surface area contributed by atoms with Gasteiger partial charge in [0, 0.05) is 23.4 Å². The molecule has 12 heavy (non-hydrogen) atoms. The van der Waals surface area contributed by atoms with Crippen LogP contribution in [0.25, 0.3) is 0 Å². The van der Waals surface area contributed by atoms with E-state index < -0.39 is 0 Å². The van der Waals surface area contributed by atoms with Gasteiger partial charge in [0.05, 0.1) is 0 Å². The minimum Gasteiger partial charge on any atom is -0.310 e. The molecule has 3 atom stereocenters. The topological polar surface area (TPSA) is 29.1 Å². The van der Waals surface area contributed by atoms with Crippen molar-refractivity contribution in [2.45, 2.75) is 36.6 Å². The minimum atomic E-state index is 0.220. The number of aldehydes is 1. The number of alkyl halides is 1. The summed E-state index contributed by atoms with van der Waals surface area (Å²) in [6, 6.07) is 0. The predicted molar refractivity (Wildman–Crippen MR) is 48.4 cm³/mol. The van der Waals surface area contributed by atoms with Gasteiger partial charge in [-0.25, -0.2) is 0 Å². The zero-order valence-corrected chi connectivity index (χ0v) is 7.81. The summed E-state index contributed by atoms with van der Waals surface area (Å²) in [4.78, 5) is 10.6. The van der Waals surface area contributed by atoms with Crippen molar-refractivity contribution in [2.75, 3.05) is 6.54 Å². The molecule has 1 spiro atoms. The van der Waals surface area contributed by atoms with Gasteiger partial charge in [-0.05, 0) is 25.7 Å². The molecular weight excluding hydrogens is 174 g/mol. The molecule has 0 bridgehead atoms. The lowest BCUT2D eigenvalue weighted by molar-refractivity contribution is -0.111. The molecule has 0 aromatic heterocycles. The Kier molecular flexibility index (Phi) is 2.13. The van der Waals surface area contributed by atoms with Crippen LogP contribution in [0.4, 0.5) is 0 Å². The molecule has 3 heteroatoms. The molecule has 1 aliphatic heterocycles. The Labute approximate surface area is 77.7 Å². The fourth-order valence-electron chi connectivity index (χ4n) is 2.53. The number of rotatable bonds is 1. The van der Waals surface area contributed by atoms with Crippen LogP contribution in [0.3, 0.4) is 0 Å². The second kappa shape index (κ2) is 3.00. The number of carbonyl (C=O) groups is 1. The first-order valence-electron chi connectivity index (χ1n) is 4.58. The highest BCUT2D eigenvalue weighted by molar-refractivity contribution is 6.21. The van der Waals surface area contributed by atoms with Crippen molar-refractivity contribution in [1.82, 2.24) is 5.32 Å². The van der Waals surface area contributed by atoms with Gasteiger partial charge in [0.2, 0.25) is 0 Å². The van der Waals surface area contributed by atoms with E-state index in [1.165, 1.54) is 0 Å². The first-order chi connectivity index (χ1) is 5.74. The molecule has 2 nitrogen and oxygen atoms in total. The highest BCUT2D eigenvalue weighted by Gasteiger charge is 2.43. The van der Waals surface area contributed by atoms with Crippen molar-refractivity contribution in [3.63, 3.8) is 0 Å². The molecule has 68 valence electrons. The Balaban J connectivity index is 2.01. The Bertz CT molecular complexity index is 197. The SMILES string of the molecule is O=CC1CCC2(CC(Cl)CN2)C1. The Morgan fingerprint density at radius 1 is 1.50 bits per heavy atom. The van der Waals surface area contributed by atoms with Crippen molar-refractivity contribution >= 4 is 17.9 Å². The van der Waals surface area contributed by atoms with Crippen molar-refractivity contribution < 1.29 is 4.79 Å². The van der Waals surface area contributed by atoms with Gasteiger partial charge in [0.25, 0.3) is 0 Å². The average Bonchev–Trinajstić information content (AvgIpc) is 2.61. The quantitative estimate of drug-likeness (QED) is 0.496. The first-order valence-corrected chi connectivity index (χ1v) is 5.02. The van der Waals surface area contributed by atoms with Crippen LogP contribution in [0.1, 0.15) is 25.7 Å². The van der Waals surface area contributed by atoms with E-state index in [0.717, 1.165) is 38.5 Å². The van der Waals surface area contributed by atoms with Crippen LogP contribution < -0.4 is 5.32 Å². The summed E-state index contributed by atoms with van der Waals surface area (Å²) in [5.41, 5.74) is 0.220. The van der Waals surface area contributed by atoms with Crippen molar-refractivity contribution in [1.29, 1.82) is 0 Å². The fourth-order valence-corrected chi connectivity index (χ4v) is 2.90. The second-order valence-corrected chi connectivity index (χ2v) is 4.72. The molecule has 0 amide bonds. The van der Waals surface area contributed by atoms with Crippen LogP contribution in [-0.2, 0) is 4.79 Å². The summed E-state index contributed by atoms with van der Waals surface area (Å²) in [5.74, 6) is 0.277. The van der Waals surface area contributed by atoms with Crippen molar-refractivity contribution in [3.05, 3.63) is 0 Å². The lowest BCUT2D eigenvalue weighted by atomic mass is 9.94. The Hall–Kier alpha value is -0.0800. The standard InChI is InChI=1S/C9H14ClNO/c10-8-4-9(11-5-8)2-1-7(3-9)6-12/h6-8,11H,1-5H2. The maximum absolute atomic E-state index is 10.6. The number of hydrogen-bond donors (Lipinski definition) is 1. The van der Waals surface area contributed by atoms with E-state index in [4.69, 9.17) is 11.6 Å². The highest BCUT2D eigenvalue weighted by atomic mass is 35.5. The van der Waals surface area contributed by atoms with E-state index >= 15 is 0 Å². The van der Waals surface area contributed by atoms with Gasteiger partial charge in [-0.2, -0.15) is 0 Å². The van der Waals surface area contributed by atoms with E-state index in [0.29, 0.717) is 0 Å². The largest absolute Gasteiger partial charge is 0.310 e. The number of nitrogens with one attached hydrogen (secondary N) is 1. The van der Waals surface area contributed by atoms with E-state index in [-0.39, 0.29) is 16.8 Å². The average molecular weight is 188 g/mol. The molecule has 1 saturated heterocycles. The molecule has 1 heterocycles. The summed E-state index contributed by atoms with van der Waals surface area (Å²) in [6.45, 7) is 0.910. The smallest absolute Gasteiger partial charge is 0.123 e. The summed E-state index contributed by atoms with van der Waals surface area (Å²) >= 11 is 6.02. The maximum Gasteiger partial charge on any atom is 0.123 e. The molecule has 0 aromatic rings. The molecule has 0 aromatic carbocycles. The van der Waals surface area contributed by atoms with Gasteiger partial charge in [0.15, 0.2) is 0 Å².